The normalized spacial score (nSPS) is 10.7. The molecule has 1 aromatic rings. The number of methoxy groups -OCH3 is 1. The van der Waals surface area contributed by atoms with Crippen LogP contribution in [0.2, 0.25) is 0 Å². The number of nitrogens with zero attached hydrogens (tertiary/aromatic N) is 1. The standard InChI is InChI=1S/C13H15NO4S/c1-18-12-6-4-5-11(9-12)13(15)10-19(16,17)8-3-2-7-14/h4-6,9H,2-3,8,10H2,1H3. The average molecular weight is 281 g/mol. The van der Waals surface area contributed by atoms with Gasteiger partial charge in [-0.25, -0.2) is 8.42 Å². The van der Waals surface area contributed by atoms with Crippen LogP contribution in [0.3, 0.4) is 0 Å². The van der Waals surface area contributed by atoms with E-state index in [4.69, 9.17) is 10.00 Å². The Hall–Kier alpha value is -1.87. The molecule has 0 aliphatic rings. The van der Waals surface area contributed by atoms with Gasteiger partial charge in [-0.15, -0.1) is 0 Å². The number of sulfone groups is 1. The number of Topliss-reactive ketones (excluding diaryl/α,β-unsaturated/α-hetero) is 1. The third-order valence-corrected chi connectivity index (χ3v) is 4.10. The van der Waals surface area contributed by atoms with Gasteiger partial charge in [0.15, 0.2) is 15.6 Å². The molecule has 0 atom stereocenters. The lowest BCUT2D eigenvalue weighted by Gasteiger charge is -2.05. The van der Waals surface area contributed by atoms with Crippen LogP contribution in [0.5, 0.6) is 5.75 Å². The van der Waals surface area contributed by atoms with Gasteiger partial charge >= 0.3 is 0 Å². The van der Waals surface area contributed by atoms with E-state index in [1.807, 2.05) is 6.07 Å². The fraction of sp³-hybridized carbons (Fsp3) is 0.385. The molecule has 0 aromatic heterocycles. The molecule has 6 heteroatoms. The van der Waals surface area contributed by atoms with Crippen molar-refractivity contribution in [2.24, 2.45) is 0 Å². The Balaban J connectivity index is 2.71. The van der Waals surface area contributed by atoms with Crippen LogP contribution in [0.4, 0.5) is 0 Å². The van der Waals surface area contributed by atoms with Gasteiger partial charge in [-0.05, 0) is 18.6 Å². The van der Waals surface area contributed by atoms with Crippen LogP contribution >= 0.6 is 0 Å². The second-order valence-electron chi connectivity index (χ2n) is 4.01. The topological polar surface area (TPSA) is 84.2 Å². The molecular weight excluding hydrogens is 266 g/mol. The first-order chi connectivity index (χ1) is 8.98. The second kappa shape index (κ2) is 6.90. The average Bonchev–Trinajstić information content (AvgIpc) is 2.38. The number of benzene rings is 1. The number of carbonyl (C=O) groups is 1. The van der Waals surface area contributed by atoms with Crippen molar-refractivity contribution in [1.82, 2.24) is 0 Å². The highest BCUT2D eigenvalue weighted by atomic mass is 32.2. The molecule has 1 rings (SSSR count). The molecule has 0 saturated heterocycles. The summed E-state index contributed by atoms with van der Waals surface area (Å²) in [5.74, 6) is -0.634. The maximum Gasteiger partial charge on any atom is 0.178 e. The maximum atomic E-state index is 11.9. The van der Waals surface area contributed by atoms with Crippen molar-refractivity contribution in [3.05, 3.63) is 29.8 Å². The predicted octanol–water partition coefficient (Wildman–Crippen LogP) is 1.60. The van der Waals surface area contributed by atoms with Gasteiger partial charge in [0.1, 0.15) is 11.5 Å². The molecule has 0 unspecified atom stereocenters. The van der Waals surface area contributed by atoms with Gasteiger partial charge in [-0.2, -0.15) is 5.26 Å². The van der Waals surface area contributed by atoms with E-state index in [9.17, 15) is 13.2 Å². The van der Waals surface area contributed by atoms with Crippen molar-refractivity contribution < 1.29 is 17.9 Å². The molecule has 0 amide bonds. The van der Waals surface area contributed by atoms with Gasteiger partial charge < -0.3 is 4.74 Å². The van der Waals surface area contributed by atoms with Crippen molar-refractivity contribution >= 4 is 15.6 Å². The van der Waals surface area contributed by atoms with Crippen molar-refractivity contribution in [2.75, 3.05) is 18.6 Å². The zero-order chi connectivity index (χ0) is 14.3. The van der Waals surface area contributed by atoms with Gasteiger partial charge in [0.05, 0.1) is 18.9 Å². The molecule has 0 fully saturated rings. The Morgan fingerprint density at radius 1 is 1.42 bits per heavy atom. The van der Waals surface area contributed by atoms with Crippen LogP contribution in [0.15, 0.2) is 24.3 Å². The van der Waals surface area contributed by atoms with E-state index in [-0.39, 0.29) is 18.6 Å². The lowest BCUT2D eigenvalue weighted by Crippen LogP contribution is -2.19. The highest BCUT2D eigenvalue weighted by Gasteiger charge is 2.18. The first-order valence-corrected chi connectivity index (χ1v) is 7.55. The number of ketones is 1. The fourth-order valence-corrected chi connectivity index (χ4v) is 2.82. The molecule has 0 aliphatic heterocycles. The second-order valence-corrected chi connectivity index (χ2v) is 6.19. The van der Waals surface area contributed by atoms with E-state index < -0.39 is 21.4 Å². The number of unbranched alkanes of at least 4 members (excludes halogenated alkanes) is 1. The molecule has 102 valence electrons. The molecule has 0 saturated carbocycles. The number of carbonyl (C=O) groups excluding carboxylic acids is 1. The van der Waals surface area contributed by atoms with E-state index in [1.54, 1.807) is 18.2 Å². The van der Waals surface area contributed by atoms with E-state index in [1.165, 1.54) is 13.2 Å². The maximum absolute atomic E-state index is 11.9. The van der Waals surface area contributed by atoms with Crippen molar-refractivity contribution in [1.29, 1.82) is 5.26 Å². The Bertz CT molecular complexity index is 587. The van der Waals surface area contributed by atoms with E-state index in [0.717, 1.165) is 0 Å². The number of hydrogen-bond acceptors (Lipinski definition) is 5. The van der Waals surface area contributed by atoms with Crippen LogP contribution in [0, 0.1) is 11.3 Å². The lowest BCUT2D eigenvalue weighted by molar-refractivity contribution is 0.102. The number of nitriles is 1. The van der Waals surface area contributed by atoms with Crippen LogP contribution in [-0.4, -0.2) is 32.8 Å². The van der Waals surface area contributed by atoms with Gasteiger partial charge in [0.25, 0.3) is 0 Å². The molecule has 0 N–H and O–H groups in total. The Morgan fingerprint density at radius 2 is 2.16 bits per heavy atom. The van der Waals surface area contributed by atoms with Gasteiger partial charge in [0.2, 0.25) is 0 Å². The summed E-state index contributed by atoms with van der Waals surface area (Å²) in [4.78, 5) is 11.9. The van der Waals surface area contributed by atoms with Crippen molar-refractivity contribution in [3.8, 4) is 11.8 Å². The number of hydrogen-bond donors (Lipinski definition) is 0. The smallest absolute Gasteiger partial charge is 0.178 e. The van der Waals surface area contributed by atoms with Crippen LogP contribution in [0.1, 0.15) is 23.2 Å². The molecule has 19 heavy (non-hydrogen) atoms. The summed E-state index contributed by atoms with van der Waals surface area (Å²) in [6, 6.07) is 8.24. The largest absolute Gasteiger partial charge is 0.497 e. The summed E-state index contributed by atoms with van der Waals surface area (Å²) in [6.45, 7) is 0. The van der Waals surface area contributed by atoms with Crippen molar-refractivity contribution in [3.63, 3.8) is 0 Å². The Labute approximate surface area is 112 Å². The molecule has 1 aromatic carbocycles. The zero-order valence-electron chi connectivity index (χ0n) is 10.6. The van der Waals surface area contributed by atoms with Crippen molar-refractivity contribution in [2.45, 2.75) is 12.8 Å². The summed E-state index contributed by atoms with van der Waals surface area (Å²) in [7, 11) is -1.99. The number of ether oxygens (including phenoxy) is 1. The summed E-state index contributed by atoms with van der Waals surface area (Å²) in [5.41, 5.74) is 0.309. The minimum Gasteiger partial charge on any atom is -0.497 e. The molecule has 0 heterocycles. The van der Waals surface area contributed by atoms with Gasteiger partial charge in [0, 0.05) is 12.0 Å². The zero-order valence-corrected chi connectivity index (χ0v) is 11.4. The van der Waals surface area contributed by atoms with Gasteiger partial charge in [-0.1, -0.05) is 12.1 Å². The highest BCUT2D eigenvalue weighted by molar-refractivity contribution is 7.92. The Morgan fingerprint density at radius 3 is 2.79 bits per heavy atom. The molecular formula is C13H15NO4S. The lowest BCUT2D eigenvalue weighted by atomic mass is 10.1. The molecule has 0 aliphatic carbocycles. The van der Waals surface area contributed by atoms with Gasteiger partial charge in [-0.3, -0.25) is 4.79 Å². The molecule has 0 radical (unpaired) electrons. The summed E-state index contributed by atoms with van der Waals surface area (Å²) in [6.07, 6.45) is 0.427. The fourth-order valence-electron chi connectivity index (χ4n) is 1.52. The SMILES string of the molecule is COc1cccc(C(=O)CS(=O)(=O)CCCC#N)c1. The minimum atomic E-state index is -3.46. The summed E-state index contributed by atoms with van der Waals surface area (Å²) < 4.78 is 28.3. The molecule has 0 spiro atoms. The first kappa shape index (κ1) is 15.2. The van der Waals surface area contributed by atoms with Crippen LogP contribution in [0.25, 0.3) is 0 Å². The predicted molar refractivity (Wildman–Crippen MR) is 70.8 cm³/mol. The quantitative estimate of drug-likeness (QED) is 0.560. The van der Waals surface area contributed by atoms with E-state index in [2.05, 4.69) is 0 Å². The third-order valence-electron chi connectivity index (χ3n) is 2.49. The van der Waals surface area contributed by atoms with E-state index >= 15 is 0 Å². The minimum absolute atomic E-state index is 0.143. The summed E-state index contributed by atoms with van der Waals surface area (Å²) >= 11 is 0. The molecule has 5 nitrogen and oxygen atoms in total. The van der Waals surface area contributed by atoms with Crippen LogP contribution < -0.4 is 4.74 Å². The Kier molecular flexibility index (Phi) is 5.52. The first-order valence-electron chi connectivity index (χ1n) is 5.73. The number of rotatable bonds is 7. The summed E-state index contributed by atoms with van der Waals surface area (Å²) in [5, 5.41) is 8.36. The third kappa shape index (κ3) is 5.10. The monoisotopic (exact) mass is 281 g/mol. The van der Waals surface area contributed by atoms with E-state index in [0.29, 0.717) is 11.3 Å². The van der Waals surface area contributed by atoms with Crippen LogP contribution in [-0.2, 0) is 9.84 Å². The molecule has 0 bridgehead atoms. The highest BCUT2D eigenvalue weighted by Crippen LogP contribution is 2.14.